The molecule has 8 heavy (non-hydrogen) atoms. The zero-order chi connectivity index (χ0) is 6.78. The van der Waals surface area contributed by atoms with E-state index in [2.05, 4.69) is 49.6 Å². The summed E-state index contributed by atoms with van der Waals surface area (Å²) in [6.45, 7) is 11.7. The highest BCUT2D eigenvalue weighted by Crippen LogP contribution is 2.25. The first-order valence-corrected chi connectivity index (χ1v) is 3.57. The van der Waals surface area contributed by atoms with Gasteiger partial charge in [0, 0.05) is 3.42 Å². The van der Waals surface area contributed by atoms with E-state index in [1.807, 2.05) is 0 Å². The summed E-state index contributed by atoms with van der Waals surface area (Å²) in [4.78, 5) is 0. The molecular formula is C7H11I. The van der Waals surface area contributed by atoms with Gasteiger partial charge in [0.05, 0.1) is 0 Å². The summed E-state index contributed by atoms with van der Waals surface area (Å²) in [6.07, 6.45) is 1.80. The van der Waals surface area contributed by atoms with Gasteiger partial charge in [-0.15, -0.1) is 0 Å². The van der Waals surface area contributed by atoms with Crippen molar-refractivity contribution >= 4 is 22.6 Å². The van der Waals surface area contributed by atoms with Crippen LogP contribution < -0.4 is 0 Å². The number of hydrogen-bond acceptors (Lipinski definition) is 0. The fourth-order valence-corrected chi connectivity index (χ4v) is 0.463. The summed E-state index contributed by atoms with van der Waals surface area (Å²) in [7, 11) is 0. The Balaban J connectivity index is 4.02. The van der Waals surface area contributed by atoms with E-state index in [0.717, 1.165) is 5.57 Å². The monoisotopic (exact) mass is 222 g/mol. The van der Waals surface area contributed by atoms with Crippen molar-refractivity contribution in [1.82, 2.24) is 0 Å². The Morgan fingerprint density at radius 1 is 1.62 bits per heavy atom. The molecule has 0 N–H and O–H groups in total. The molecule has 0 aromatic heterocycles. The van der Waals surface area contributed by atoms with Crippen molar-refractivity contribution in [3.63, 3.8) is 0 Å². The second-order valence-corrected chi connectivity index (χ2v) is 4.90. The van der Waals surface area contributed by atoms with Crippen molar-refractivity contribution in [2.45, 2.75) is 17.3 Å². The highest BCUT2D eigenvalue weighted by Gasteiger charge is 2.12. The molecule has 0 aliphatic carbocycles. The van der Waals surface area contributed by atoms with Gasteiger partial charge in [0.15, 0.2) is 0 Å². The van der Waals surface area contributed by atoms with Crippen molar-refractivity contribution in [2.24, 2.45) is 0 Å². The Kier molecular flexibility index (Phi) is 2.74. The molecule has 0 aromatic carbocycles. The summed E-state index contributed by atoms with van der Waals surface area (Å²) < 4.78 is 0.166. The maximum absolute atomic E-state index is 3.82. The maximum atomic E-state index is 3.82. The molecular weight excluding hydrogens is 211 g/mol. The first-order valence-electron chi connectivity index (χ1n) is 2.49. The van der Waals surface area contributed by atoms with Crippen LogP contribution in [-0.2, 0) is 0 Å². The molecule has 0 amide bonds. The van der Waals surface area contributed by atoms with Gasteiger partial charge in [-0.1, -0.05) is 41.8 Å². The molecule has 0 rings (SSSR count). The van der Waals surface area contributed by atoms with E-state index in [4.69, 9.17) is 0 Å². The maximum Gasteiger partial charge on any atom is 0.0408 e. The second-order valence-electron chi connectivity index (χ2n) is 2.20. The fourth-order valence-electron chi connectivity index (χ4n) is 0.243. The topological polar surface area (TPSA) is 0 Å². The van der Waals surface area contributed by atoms with Crippen LogP contribution in [0.1, 0.15) is 13.8 Å². The molecule has 0 spiro atoms. The van der Waals surface area contributed by atoms with Gasteiger partial charge in [0.2, 0.25) is 0 Å². The quantitative estimate of drug-likeness (QED) is 0.382. The molecule has 0 bridgehead atoms. The van der Waals surface area contributed by atoms with Gasteiger partial charge in [0.1, 0.15) is 0 Å². The van der Waals surface area contributed by atoms with Crippen molar-refractivity contribution in [2.75, 3.05) is 0 Å². The number of alkyl halides is 1. The van der Waals surface area contributed by atoms with Crippen molar-refractivity contribution in [3.8, 4) is 0 Å². The minimum atomic E-state index is 0.166. The summed E-state index contributed by atoms with van der Waals surface area (Å²) in [5.74, 6) is 0. The van der Waals surface area contributed by atoms with E-state index in [9.17, 15) is 0 Å². The Morgan fingerprint density at radius 3 is 2.00 bits per heavy atom. The zero-order valence-corrected chi connectivity index (χ0v) is 7.53. The van der Waals surface area contributed by atoms with E-state index >= 15 is 0 Å². The second kappa shape index (κ2) is 2.67. The van der Waals surface area contributed by atoms with Crippen LogP contribution in [0.25, 0.3) is 0 Å². The van der Waals surface area contributed by atoms with Gasteiger partial charge in [-0.2, -0.15) is 0 Å². The zero-order valence-electron chi connectivity index (χ0n) is 5.37. The van der Waals surface area contributed by atoms with Gasteiger partial charge in [0.25, 0.3) is 0 Å². The van der Waals surface area contributed by atoms with Gasteiger partial charge in [-0.25, -0.2) is 0 Å². The third-order valence-corrected chi connectivity index (χ3v) is 1.70. The highest BCUT2D eigenvalue weighted by molar-refractivity contribution is 14.1. The molecule has 0 nitrogen and oxygen atoms in total. The van der Waals surface area contributed by atoms with Crippen LogP contribution in [0, 0.1) is 0 Å². The summed E-state index contributed by atoms with van der Waals surface area (Å²) in [5.41, 5.74) is 1.08. The molecule has 1 heteroatoms. The summed E-state index contributed by atoms with van der Waals surface area (Å²) in [5, 5.41) is 0. The van der Waals surface area contributed by atoms with Crippen LogP contribution in [0.15, 0.2) is 24.8 Å². The predicted molar refractivity (Wildman–Crippen MR) is 47.4 cm³/mol. The van der Waals surface area contributed by atoms with E-state index < -0.39 is 0 Å². The lowest BCUT2D eigenvalue weighted by Gasteiger charge is -2.15. The Bertz CT molecular complexity index is 106. The average molecular weight is 222 g/mol. The summed E-state index contributed by atoms with van der Waals surface area (Å²) >= 11 is 2.33. The third-order valence-electron chi connectivity index (χ3n) is 1.01. The molecule has 0 fully saturated rings. The molecule has 0 aliphatic heterocycles. The van der Waals surface area contributed by atoms with Crippen LogP contribution in [0.5, 0.6) is 0 Å². The molecule has 0 atom stereocenters. The number of rotatable bonds is 2. The smallest absolute Gasteiger partial charge is 0.0408 e. The lowest BCUT2D eigenvalue weighted by molar-refractivity contribution is 0.905. The van der Waals surface area contributed by atoms with E-state index in [0.29, 0.717) is 0 Å². The van der Waals surface area contributed by atoms with E-state index in [-0.39, 0.29) is 3.42 Å². The molecule has 0 aromatic rings. The van der Waals surface area contributed by atoms with Crippen LogP contribution in [-0.4, -0.2) is 3.42 Å². The molecule has 0 heterocycles. The minimum Gasteiger partial charge on any atom is -0.0988 e. The lowest BCUT2D eigenvalue weighted by atomic mass is 10.1. The van der Waals surface area contributed by atoms with Gasteiger partial charge >= 0.3 is 0 Å². The molecule has 46 valence electrons. The summed E-state index contributed by atoms with van der Waals surface area (Å²) in [6, 6.07) is 0. The van der Waals surface area contributed by atoms with Crippen LogP contribution >= 0.6 is 22.6 Å². The van der Waals surface area contributed by atoms with Gasteiger partial charge in [-0.3, -0.25) is 0 Å². The van der Waals surface area contributed by atoms with Crippen molar-refractivity contribution in [1.29, 1.82) is 0 Å². The van der Waals surface area contributed by atoms with Crippen molar-refractivity contribution < 1.29 is 0 Å². The first kappa shape index (κ1) is 8.21. The fraction of sp³-hybridized carbons (Fsp3) is 0.429. The normalized spacial score (nSPS) is 10.9. The molecule has 0 saturated carbocycles. The Labute approximate surface area is 64.8 Å². The van der Waals surface area contributed by atoms with Crippen molar-refractivity contribution in [3.05, 3.63) is 24.8 Å². The highest BCUT2D eigenvalue weighted by atomic mass is 127. The lowest BCUT2D eigenvalue weighted by Crippen LogP contribution is -2.09. The number of allylic oxidation sites excluding steroid dienone is 2. The predicted octanol–water partition coefficient (Wildman–Crippen LogP) is 2.94. The largest absolute Gasteiger partial charge is 0.0988 e. The minimum absolute atomic E-state index is 0.166. The number of hydrogen-bond donors (Lipinski definition) is 0. The third kappa shape index (κ3) is 2.50. The molecule has 0 saturated heterocycles. The first-order chi connectivity index (χ1) is 3.48. The Morgan fingerprint density at radius 2 is 2.00 bits per heavy atom. The van der Waals surface area contributed by atoms with Crippen LogP contribution in [0.2, 0.25) is 0 Å². The standard InChI is InChI=1S/C7H11I/c1-5-6(2)7(3,4)8/h5H,1-2H2,3-4H3. The van der Waals surface area contributed by atoms with Gasteiger partial charge in [-0.05, 0) is 19.4 Å². The van der Waals surface area contributed by atoms with E-state index in [1.54, 1.807) is 6.08 Å². The molecule has 0 radical (unpaired) electrons. The van der Waals surface area contributed by atoms with Crippen LogP contribution in [0.4, 0.5) is 0 Å². The van der Waals surface area contributed by atoms with Gasteiger partial charge < -0.3 is 0 Å². The molecule has 0 aliphatic rings. The SMILES string of the molecule is C=CC(=C)C(C)(C)I. The Hall–Kier alpha value is 0.210. The average Bonchev–Trinajstić information content (AvgIpc) is 1.62. The van der Waals surface area contributed by atoms with Crippen LogP contribution in [0.3, 0.4) is 0 Å². The van der Waals surface area contributed by atoms with E-state index in [1.165, 1.54) is 0 Å². The molecule has 0 unspecified atom stereocenters. The number of halogens is 1.